The van der Waals surface area contributed by atoms with Crippen LogP contribution in [-0.2, 0) is 6.61 Å². The van der Waals surface area contributed by atoms with Crippen molar-refractivity contribution < 1.29 is 9.53 Å². The first-order valence-corrected chi connectivity index (χ1v) is 10.2. The molecule has 6 heteroatoms. The predicted molar refractivity (Wildman–Crippen MR) is 110 cm³/mol. The second-order valence-electron chi connectivity index (χ2n) is 6.56. The number of hydrogen-bond donors (Lipinski definition) is 3. The normalized spacial score (nSPS) is 13.9. The highest BCUT2D eigenvalue weighted by Crippen LogP contribution is 2.27. The number of thioether (sulfide) groups is 1. The van der Waals surface area contributed by atoms with Crippen molar-refractivity contribution in [1.82, 2.24) is 10.6 Å². The second-order valence-corrected chi connectivity index (χ2v) is 7.44. The average Bonchev–Trinajstić information content (AvgIpc) is 3.54. The molecule has 27 heavy (non-hydrogen) atoms. The van der Waals surface area contributed by atoms with Gasteiger partial charge in [0.1, 0.15) is 12.4 Å². The number of ether oxygens (including phenoxy) is 1. The number of nitrogens with two attached hydrogens (primary N) is 1. The largest absolute Gasteiger partial charge is 0.489 e. The van der Waals surface area contributed by atoms with Gasteiger partial charge in [0.25, 0.3) is 0 Å². The van der Waals surface area contributed by atoms with Gasteiger partial charge in [-0.3, -0.25) is 0 Å². The second kappa shape index (κ2) is 9.37. The Bertz CT molecular complexity index is 784. The van der Waals surface area contributed by atoms with Gasteiger partial charge in [-0.25, -0.2) is 4.79 Å². The maximum Gasteiger partial charge on any atom is 0.318 e. The van der Waals surface area contributed by atoms with Gasteiger partial charge in [0.2, 0.25) is 0 Å². The molecule has 1 saturated carbocycles. The molecule has 1 aliphatic rings. The van der Waals surface area contributed by atoms with E-state index >= 15 is 0 Å². The molecule has 5 nitrogen and oxygen atoms in total. The third-order valence-corrected chi connectivity index (χ3v) is 5.10. The zero-order valence-corrected chi connectivity index (χ0v) is 16.2. The number of carbonyl (C=O) groups is 1. The number of urea groups is 1. The summed E-state index contributed by atoms with van der Waals surface area (Å²) in [6.45, 7) is 1.24. The highest BCUT2D eigenvalue weighted by molar-refractivity contribution is 7.98. The van der Waals surface area contributed by atoms with E-state index in [1.54, 1.807) is 11.8 Å². The lowest BCUT2D eigenvalue weighted by molar-refractivity contribution is 0.243. The molecule has 3 rings (SSSR count). The highest BCUT2D eigenvalue weighted by atomic mass is 32.2. The van der Waals surface area contributed by atoms with Gasteiger partial charge in [0.05, 0.1) is 5.70 Å². The van der Waals surface area contributed by atoms with Crippen molar-refractivity contribution in [2.75, 3.05) is 12.8 Å². The van der Waals surface area contributed by atoms with Gasteiger partial charge in [-0.15, -0.1) is 11.8 Å². The molecule has 0 aliphatic heterocycles. The van der Waals surface area contributed by atoms with Gasteiger partial charge in [-0.2, -0.15) is 0 Å². The zero-order chi connectivity index (χ0) is 19.1. The fraction of sp³-hybridized carbons (Fsp3) is 0.286. The Morgan fingerprint density at radius 2 is 1.89 bits per heavy atom. The molecule has 0 unspecified atom stereocenters. The van der Waals surface area contributed by atoms with E-state index < -0.39 is 0 Å². The summed E-state index contributed by atoms with van der Waals surface area (Å²) in [5.41, 5.74) is 8.48. The monoisotopic (exact) mass is 383 g/mol. The highest BCUT2D eigenvalue weighted by Gasteiger charge is 2.21. The summed E-state index contributed by atoms with van der Waals surface area (Å²) in [5, 5.41) is 5.49. The van der Waals surface area contributed by atoms with Crippen LogP contribution in [0.1, 0.15) is 24.0 Å². The van der Waals surface area contributed by atoms with Gasteiger partial charge in [0.15, 0.2) is 0 Å². The summed E-state index contributed by atoms with van der Waals surface area (Å²) >= 11 is 1.72. The van der Waals surface area contributed by atoms with Crippen molar-refractivity contribution in [2.45, 2.75) is 24.3 Å². The van der Waals surface area contributed by atoms with Crippen LogP contribution in [0.5, 0.6) is 5.75 Å². The summed E-state index contributed by atoms with van der Waals surface area (Å²) in [7, 11) is 0. The molecule has 2 aromatic carbocycles. The van der Waals surface area contributed by atoms with Crippen LogP contribution in [0, 0.1) is 5.92 Å². The van der Waals surface area contributed by atoms with E-state index in [0.29, 0.717) is 18.2 Å². The van der Waals surface area contributed by atoms with Crippen molar-refractivity contribution >= 4 is 23.5 Å². The number of rotatable bonds is 8. The summed E-state index contributed by atoms with van der Waals surface area (Å²) in [5.74, 6) is 1.42. The topological polar surface area (TPSA) is 76.4 Å². The van der Waals surface area contributed by atoms with Crippen LogP contribution in [0.15, 0.2) is 59.6 Å². The van der Waals surface area contributed by atoms with Crippen LogP contribution in [0.2, 0.25) is 0 Å². The minimum Gasteiger partial charge on any atom is -0.489 e. The van der Waals surface area contributed by atoms with Crippen molar-refractivity contribution in [3.63, 3.8) is 0 Å². The quantitative estimate of drug-likeness (QED) is 0.603. The van der Waals surface area contributed by atoms with Gasteiger partial charge >= 0.3 is 6.03 Å². The molecule has 1 aliphatic carbocycles. The van der Waals surface area contributed by atoms with E-state index in [1.165, 1.54) is 23.9 Å². The Labute approximate surface area is 164 Å². The maximum atomic E-state index is 11.7. The lowest BCUT2D eigenvalue weighted by Crippen LogP contribution is -2.34. The third-order valence-electron chi connectivity index (χ3n) is 4.36. The molecule has 4 N–H and O–H groups in total. The molecule has 0 saturated heterocycles. The molecular weight excluding hydrogens is 358 g/mol. The first-order valence-electron chi connectivity index (χ1n) is 9.00. The number of hydrogen-bond acceptors (Lipinski definition) is 4. The van der Waals surface area contributed by atoms with E-state index in [0.717, 1.165) is 23.4 Å². The van der Waals surface area contributed by atoms with Gasteiger partial charge in [-0.05, 0) is 72.5 Å². The SMILES string of the molecule is CSc1ccc(COc2ccc(/C(N)=C/NC(=O)NCC3CC3)cc2)cc1. The molecule has 0 radical (unpaired) electrons. The van der Waals surface area contributed by atoms with Gasteiger partial charge < -0.3 is 21.1 Å². The Balaban J connectivity index is 1.47. The molecule has 0 aromatic heterocycles. The number of carbonyl (C=O) groups excluding carboxylic acids is 1. The summed E-state index contributed by atoms with van der Waals surface area (Å²) in [4.78, 5) is 12.9. The molecule has 0 bridgehead atoms. The van der Waals surface area contributed by atoms with E-state index in [4.69, 9.17) is 10.5 Å². The van der Waals surface area contributed by atoms with Crippen molar-refractivity contribution in [2.24, 2.45) is 11.7 Å². The van der Waals surface area contributed by atoms with Crippen LogP contribution < -0.4 is 21.1 Å². The predicted octanol–water partition coefficient (Wildman–Crippen LogP) is 3.95. The van der Waals surface area contributed by atoms with Crippen LogP contribution in [0.4, 0.5) is 4.79 Å². The minimum absolute atomic E-state index is 0.225. The van der Waals surface area contributed by atoms with Crippen molar-refractivity contribution in [3.8, 4) is 5.75 Å². The number of amides is 2. The van der Waals surface area contributed by atoms with E-state index in [2.05, 4.69) is 41.2 Å². The van der Waals surface area contributed by atoms with Crippen LogP contribution in [-0.4, -0.2) is 18.8 Å². The Morgan fingerprint density at radius 1 is 1.19 bits per heavy atom. The molecule has 142 valence electrons. The summed E-state index contributed by atoms with van der Waals surface area (Å²) < 4.78 is 5.81. The molecule has 2 aromatic rings. The minimum atomic E-state index is -0.225. The number of benzene rings is 2. The van der Waals surface area contributed by atoms with Crippen molar-refractivity contribution in [3.05, 3.63) is 65.9 Å². The zero-order valence-electron chi connectivity index (χ0n) is 15.4. The van der Waals surface area contributed by atoms with Crippen molar-refractivity contribution in [1.29, 1.82) is 0 Å². The first-order chi connectivity index (χ1) is 13.1. The fourth-order valence-electron chi connectivity index (χ4n) is 2.47. The molecular formula is C21H25N3O2S. The average molecular weight is 384 g/mol. The Kier molecular flexibility index (Phi) is 6.65. The summed E-state index contributed by atoms with van der Waals surface area (Å²) in [6, 6.07) is 15.6. The molecule has 2 amide bonds. The van der Waals surface area contributed by atoms with Crippen LogP contribution in [0.3, 0.4) is 0 Å². The first kappa shape index (κ1) is 19.2. The maximum absolute atomic E-state index is 11.7. The molecule has 0 atom stereocenters. The van der Waals surface area contributed by atoms with E-state index in [9.17, 15) is 4.79 Å². The van der Waals surface area contributed by atoms with Gasteiger partial charge in [0, 0.05) is 17.6 Å². The standard InChI is InChI=1S/C21H25N3O2S/c1-27-19-10-4-16(5-11-19)14-26-18-8-6-17(7-9-18)20(22)13-24-21(25)23-12-15-2-3-15/h4-11,13,15H,2-3,12,14,22H2,1H3,(H2,23,24,25)/b20-13-. The molecule has 0 spiro atoms. The smallest absolute Gasteiger partial charge is 0.318 e. The third kappa shape index (κ3) is 6.25. The number of nitrogens with one attached hydrogen (secondary N) is 2. The van der Waals surface area contributed by atoms with E-state index in [1.807, 2.05) is 24.3 Å². The molecule has 0 heterocycles. The molecule has 1 fully saturated rings. The summed E-state index contributed by atoms with van der Waals surface area (Å²) in [6.07, 6.45) is 5.99. The lowest BCUT2D eigenvalue weighted by Gasteiger charge is -2.09. The Hall–Kier alpha value is -2.60. The van der Waals surface area contributed by atoms with E-state index in [-0.39, 0.29) is 6.03 Å². The Morgan fingerprint density at radius 3 is 2.52 bits per heavy atom. The fourth-order valence-corrected chi connectivity index (χ4v) is 2.88. The van der Waals surface area contributed by atoms with Crippen LogP contribution in [0.25, 0.3) is 5.70 Å². The lowest BCUT2D eigenvalue weighted by atomic mass is 10.1. The van der Waals surface area contributed by atoms with Crippen LogP contribution >= 0.6 is 11.8 Å². The van der Waals surface area contributed by atoms with Gasteiger partial charge in [-0.1, -0.05) is 12.1 Å².